The molecule has 6 heteroatoms. The van der Waals surface area contributed by atoms with Crippen molar-refractivity contribution in [3.63, 3.8) is 0 Å². The molecular formula is C17H14Cl2N2O2. The summed E-state index contributed by atoms with van der Waals surface area (Å²) in [5, 5.41) is 3.98. The Kier molecular flexibility index (Phi) is 4.55. The highest BCUT2D eigenvalue weighted by Crippen LogP contribution is 2.28. The molecule has 1 saturated heterocycles. The molecule has 118 valence electrons. The molecule has 0 radical (unpaired) electrons. The molecule has 2 amide bonds. The van der Waals surface area contributed by atoms with Crippen LogP contribution in [0.4, 0.5) is 11.4 Å². The Bertz CT molecular complexity index is 747. The first kappa shape index (κ1) is 15.8. The molecule has 1 fully saturated rings. The molecule has 4 nitrogen and oxygen atoms in total. The van der Waals surface area contributed by atoms with E-state index in [1.54, 1.807) is 47.4 Å². The third-order valence-corrected chi connectivity index (χ3v) is 4.21. The molecule has 1 atom stereocenters. The van der Waals surface area contributed by atoms with Crippen LogP contribution in [0, 0.1) is 5.92 Å². The van der Waals surface area contributed by atoms with Crippen LogP contribution < -0.4 is 10.2 Å². The minimum Gasteiger partial charge on any atom is -0.326 e. The largest absolute Gasteiger partial charge is 0.326 e. The SMILES string of the molecule is O=C(Nc1ccc(Cl)cc1)[C@H]1CC(=O)N(c2cccc(Cl)c2)C1. The first-order chi connectivity index (χ1) is 11.0. The molecule has 1 N–H and O–H groups in total. The van der Waals surface area contributed by atoms with Crippen LogP contribution in [-0.4, -0.2) is 18.4 Å². The van der Waals surface area contributed by atoms with Crippen LogP contribution in [0.5, 0.6) is 0 Å². The lowest BCUT2D eigenvalue weighted by atomic mass is 10.1. The number of anilines is 2. The Hall–Kier alpha value is -2.04. The van der Waals surface area contributed by atoms with Gasteiger partial charge in [0.25, 0.3) is 0 Å². The predicted octanol–water partition coefficient (Wildman–Crippen LogP) is 3.99. The highest BCUT2D eigenvalue weighted by atomic mass is 35.5. The van der Waals surface area contributed by atoms with E-state index in [2.05, 4.69) is 5.32 Å². The summed E-state index contributed by atoms with van der Waals surface area (Å²) in [6, 6.07) is 13.9. The number of nitrogens with one attached hydrogen (secondary N) is 1. The topological polar surface area (TPSA) is 49.4 Å². The molecule has 1 aliphatic heterocycles. The van der Waals surface area contributed by atoms with Crippen molar-refractivity contribution in [2.75, 3.05) is 16.8 Å². The van der Waals surface area contributed by atoms with Crippen LogP contribution in [0.2, 0.25) is 10.0 Å². The summed E-state index contributed by atoms with van der Waals surface area (Å²) >= 11 is 11.8. The lowest BCUT2D eigenvalue weighted by Crippen LogP contribution is -2.28. The van der Waals surface area contributed by atoms with E-state index >= 15 is 0 Å². The van der Waals surface area contributed by atoms with Crippen molar-refractivity contribution in [3.05, 3.63) is 58.6 Å². The van der Waals surface area contributed by atoms with Crippen molar-refractivity contribution in [1.29, 1.82) is 0 Å². The number of nitrogens with zero attached hydrogens (tertiary/aromatic N) is 1. The Morgan fingerprint density at radius 2 is 1.83 bits per heavy atom. The zero-order valence-electron chi connectivity index (χ0n) is 12.1. The van der Waals surface area contributed by atoms with E-state index in [4.69, 9.17) is 23.2 Å². The van der Waals surface area contributed by atoms with Gasteiger partial charge in [-0.3, -0.25) is 9.59 Å². The number of hydrogen-bond donors (Lipinski definition) is 1. The van der Waals surface area contributed by atoms with Crippen molar-refractivity contribution >= 4 is 46.4 Å². The van der Waals surface area contributed by atoms with E-state index < -0.39 is 5.92 Å². The molecule has 0 aliphatic carbocycles. The fourth-order valence-corrected chi connectivity index (χ4v) is 2.86. The number of carbonyl (C=O) groups is 2. The summed E-state index contributed by atoms with van der Waals surface area (Å²) in [7, 11) is 0. The van der Waals surface area contributed by atoms with Gasteiger partial charge in [-0.1, -0.05) is 29.3 Å². The third-order valence-electron chi connectivity index (χ3n) is 3.73. The monoisotopic (exact) mass is 348 g/mol. The van der Waals surface area contributed by atoms with E-state index in [1.165, 1.54) is 0 Å². The van der Waals surface area contributed by atoms with E-state index in [0.29, 0.717) is 28.0 Å². The van der Waals surface area contributed by atoms with Crippen molar-refractivity contribution in [2.45, 2.75) is 6.42 Å². The molecule has 0 aromatic heterocycles. The number of benzene rings is 2. The van der Waals surface area contributed by atoms with Gasteiger partial charge in [0.2, 0.25) is 11.8 Å². The average Bonchev–Trinajstić information content (AvgIpc) is 2.92. The zero-order chi connectivity index (χ0) is 16.4. The van der Waals surface area contributed by atoms with Crippen LogP contribution in [0.3, 0.4) is 0 Å². The molecule has 3 rings (SSSR count). The zero-order valence-corrected chi connectivity index (χ0v) is 13.6. The second-order valence-electron chi connectivity index (χ2n) is 5.38. The smallest absolute Gasteiger partial charge is 0.229 e. The van der Waals surface area contributed by atoms with Crippen LogP contribution in [0.15, 0.2) is 48.5 Å². The average molecular weight is 349 g/mol. The molecule has 2 aromatic rings. The lowest BCUT2D eigenvalue weighted by Gasteiger charge is -2.17. The standard InChI is InChI=1S/C17H14Cl2N2O2/c18-12-4-6-14(7-5-12)20-17(23)11-8-16(22)21(10-11)15-3-1-2-13(19)9-15/h1-7,9,11H,8,10H2,(H,20,23)/t11-/m0/s1. The molecule has 0 saturated carbocycles. The maximum atomic E-state index is 12.3. The first-order valence-corrected chi connectivity index (χ1v) is 7.91. The summed E-state index contributed by atoms with van der Waals surface area (Å²) < 4.78 is 0. The molecule has 23 heavy (non-hydrogen) atoms. The number of carbonyl (C=O) groups excluding carboxylic acids is 2. The Labute approximate surface area is 144 Å². The first-order valence-electron chi connectivity index (χ1n) is 7.15. The van der Waals surface area contributed by atoms with Crippen molar-refractivity contribution in [2.24, 2.45) is 5.92 Å². The highest BCUT2D eigenvalue weighted by molar-refractivity contribution is 6.31. The van der Waals surface area contributed by atoms with Gasteiger partial charge < -0.3 is 10.2 Å². The van der Waals surface area contributed by atoms with Gasteiger partial charge in [-0.2, -0.15) is 0 Å². The summed E-state index contributed by atoms with van der Waals surface area (Å²) in [6.07, 6.45) is 0.186. The molecule has 2 aromatic carbocycles. The number of halogens is 2. The molecule has 1 aliphatic rings. The minimum absolute atomic E-state index is 0.0801. The van der Waals surface area contributed by atoms with E-state index in [1.807, 2.05) is 6.07 Å². The molecular weight excluding hydrogens is 335 g/mol. The number of hydrogen-bond acceptors (Lipinski definition) is 2. The van der Waals surface area contributed by atoms with Gasteiger partial charge in [-0.25, -0.2) is 0 Å². The fourth-order valence-electron chi connectivity index (χ4n) is 2.55. The third kappa shape index (κ3) is 3.66. The quantitative estimate of drug-likeness (QED) is 0.911. The fraction of sp³-hybridized carbons (Fsp3) is 0.176. The van der Waals surface area contributed by atoms with Crippen molar-refractivity contribution in [1.82, 2.24) is 0 Å². The van der Waals surface area contributed by atoms with Gasteiger partial charge in [0, 0.05) is 34.4 Å². The Morgan fingerprint density at radius 3 is 2.52 bits per heavy atom. The van der Waals surface area contributed by atoms with Crippen molar-refractivity contribution < 1.29 is 9.59 Å². The second-order valence-corrected chi connectivity index (χ2v) is 6.25. The van der Waals surface area contributed by atoms with Crippen LogP contribution in [-0.2, 0) is 9.59 Å². The number of amides is 2. The number of rotatable bonds is 3. The molecule has 0 spiro atoms. The summed E-state index contributed by atoms with van der Waals surface area (Å²) in [6.45, 7) is 0.346. The van der Waals surface area contributed by atoms with Gasteiger partial charge >= 0.3 is 0 Å². The Morgan fingerprint density at radius 1 is 1.09 bits per heavy atom. The molecule has 0 unspecified atom stereocenters. The maximum absolute atomic E-state index is 12.3. The maximum Gasteiger partial charge on any atom is 0.229 e. The van der Waals surface area contributed by atoms with Gasteiger partial charge in [-0.05, 0) is 42.5 Å². The van der Waals surface area contributed by atoms with Crippen LogP contribution in [0.25, 0.3) is 0 Å². The van der Waals surface area contributed by atoms with E-state index in [-0.39, 0.29) is 18.2 Å². The summed E-state index contributed by atoms with van der Waals surface area (Å²) in [4.78, 5) is 26.1. The highest BCUT2D eigenvalue weighted by Gasteiger charge is 2.35. The summed E-state index contributed by atoms with van der Waals surface area (Å²) in [5.41, 5.74) is 1.37. The van der Waals surface area contributed by atoms with Gasteiger partial charge in [0.1, 0.15) is 0 Å². The van der Waals surface area contributed by atoms with Gasteiger partial charge in [-0.15, -0.1) is 0 Å². The Balaban J connectivity index is 1.69. The van der Waals surface area contributed by atoms with Crippen LogP contribution >= 0.6 is 23.2 Å². The predicted molar refractivity (Wildman–Crippen MR) is 92.0 cm³/mol. The van der Waals surface area contributed by atoms with Gasteiger partial charge in [0.05, 0.1) is 5.92 Å². The molecule has 1 heterocycles. The lowest BCUT2D eigenvalue weighted by molar-refractivity contribution is -0.122. The van der Waals surface area contributed by atoms with Crippen LogP contribution in [0.1, 0.15) is 6.42 Å². The normalized spacial score (nSPS) is 17.4. The van der Waals surface area contributed by atoms with E-state index in [9.17, 15) is 9.59 Å². The molecule has 0 bridgehead atoms. The van der Waals surface area contributed by atoms with E-state index in [0.717, 1.165) is 0 Å². The second kappa shape index (κ2) is 6.60. The summed E-state index contributed by atoms with van der Waals surface area (Å²) in [5.74, 6) is -0.647. The minimum atomic E-state index is -0.392. The van der Waals surface area contributed by atoms with Crippen molar-refractivity contribution in [3.8, 4) is 0 Å². The van der Waals surface area contributed by atoms with Gasteiger partial charge in [0.15, 0.2) is 0 Å².